The molecule has 2 heterocycles. The van der Waals surface area contributed by atoms with Gasteiger partial charge in [0.1, 0.15) is 5.75 Å². The molecular weight excluding hydrogens is 381 g/mol. The van der Waals surface area contributed by atoms with Gasteiger partial charge in [-0.1, -0.05) is 18.2 Å². The van der Waals surface area contributed by atoms with E-state index in [9.17, 15) is 4.39 Å². The number of aromatic nitrogens is 1. The van der Waals surface area contributed by atoms with E-state index < -0.39 is 0 Å². The summed E-state index contributed by atoms with van der Waals surface area (Å²) in [5, 5.41) is 9.12. The van der Waals surface area contributed by atoms with Crippen LogP contribution in [0.3, 0.4) is 0 Å². The predicted molar refractivity (Wildman–Crippen MR) is 119 cm³/mol. The van der Waals surface area contributed by atoms with E-state index >= 15 is 0 Å². The third-order valence-electron chi connectivity index (χ3n) is 5.36. The average molecular weight is 407 g/mol. The van der Waals surface area contributed by atoms with Crippen LogP contribution in [0.1, 0.15) is 12.0 Å². The molecule has 1 saturated heterocycles. The molecule has 0 radical (unpaired) electrons. The van der Waals surface area contributed by atoms with Gasteiger partial charge in [0, 0.05) is 38.9 Å². The van der Waals surface area contributed by atoms with Gasteiger partial charge in [0.25, 0.3) is 0 Å². The number of hydrogen-bond donors (Lipinski definition) is 2. The molecule has 2 N–H and O–H groups in total. The normalized spacial score (nSPS) is 16.7. The van der Waals surface area contributed by atoms with Gasteiger partial charge in [0.15, 0.2) is 17.6 Å². The van der Waals surface area contributed by atoms with Gasteiger partial charge in [-0.3, -0.25) is 4.99 Å². The fourth-order valence-electron chi connectivity index (χ4n) is 3.76. The second-order valence-corrected chi connectivity index (χ2v) is 7.36. The largest absolute Gasteiger partial charge is 0.497 e. The van der Waals surface area contributed by atoms with Crippen molar-refractivity contribution in [3.05, 3.63) is 66.1 Å². The highest BCUT2D eigenvalue weighted by Crippen LogP contribution is 2.22. The van der Waals surface area contributed by atoms with Gasteiger partial charge in [0.05, 0.1) is 7.11 Å². The first kappa shape index (κ1) is 19.9. The van der Waals surface area contributed by atoms with Crippen LogP contribution in [0.5, 0.6) is 5.75 Å². The minimum absolute atomic E-state index is 0.182. The number of halogens is 1. The summed E-state index contributed by atoms with van der Waals surface area (Å²) in [4.78, 5) is 10.5. The highest BCUT2D eigenvalue weighted by Gasteiger charge is 2.25. The molecule has 7 heteroatoms. The number of fused-ring (bicyclic) bond motifs is 1. The molecule has 0 spiro atoms. The fraction of sp³-hybridized carbons (Fsp3) is 0.304. The van der Waals surface area contributed by atoms with Gasteiger partial charge >= 0.3 is 0 Å². The van der Waals surface area contributed by atoms with Crippen LogP contribution in [0.4, 0.5) is 10.2 Å². The molecule has 3 aromatic rings. The van der Waals surface area contributed by atoms with Crippen molar-refractivity contribution in [1.82, 2.24) is 15.6 Å². The van der Waals surface area contributed by atoms with Crippen LogP contribution in [0.15, 0.2) is 59.7 Å². The highest BCUT2D eigenvalue weighted by atomic mass is 19.1. The van der Waals surface area contributed by atoms with E-state index in [1.807, 2.05) is 17.0 Å². The van der Waals surface area contributed by atoms with Crippen molar-refractivity contribution >= 4 is 22.5 Å². The lowest BCUT2D eigenvalue weighted by molar-refractivity contribution is 0.415. The molecule has 1 aliphatic rings. The SMILES string of the molecule is CN=C(NCc1ccc2cc(OC)ccc2c1)NC1CCN(c2ncccc2F)C1. The maximum absolute atomic E-state index is 14.0. The van der Waals surface area contributed by atoms with Crippen LogP contribution in [-0.2, 0) is 6.54 Å². The minimum atomic E-state index is -0.283. The van der Waals surface area contributed by atoms with Crippen LogP contribution in [0.2, 0.25) is 0 Å². The molecule has 2 aromatic carbocycles. The van der Waals surface area contributed by atoms with Crippen LogP contribution < -0.4 is 20.3 Å². The third kappa shape index (κ3) is 4.45. The van der Waals surface area contributed by atoms with Crippen molar-refractivity contribution < 1.29 is 9.13 Å². The van der Waals surface area contributed by atoms with Gasteiger partial charge < -0.3 is 20.3 Å². The van der Waals surface area contributed by atoms with Crippen LogP contribution in [0, 0.1) is 5.82 Å². The summed E-state index contributed by atoms with van der Waals surface area (Å²) in [6.45, 7) is 2.11. The Morgan fingerprint density at radius 2 is 2.07 bits per heavy atom. The van der Waals surface area contributed by atoms with Gasteiger partial charge in [-0.25, -0.2) is 9.37 Å². The Kier molecular flexibility index (Phi) is 5.97. The Morgan fingerprint density at radius 3 is 2.87 bits per heavy atom. The molecule has 1 fully saturated rings. The van der Waals surface area contributed by atoms with E-state index in [0.29, 0.717) is 18.9 Å². The Hall–Kier alpha value is -3.35. The number of hydrogen-bond acceptors (Lipinski definition) is 4. The van der Waals surface area contributed by atoms with Crippen molar-refractivity contribution in [3.8, 4) is 5.75 Å². The number of ether oxygens (including phenoxy) is 1. The molecule has 156 valence electrons. The first-order valence-electron chi connectivity index (χ1n) is 10.1. The number of anilines is 1. The van der Waals surface area contributed by atoms with E-state index in [2.05, 4.69) is 44.9 Å². The predicted octanol–water partition coefficient (Wildman–Crippen LogP) is 3.33. The molecule has 1 aromatic heterocycles. The number of nitrogens with zero attached hydrogens (tertiary/aromatic N) is 3. The zero-order valence-corrected chi connectivity index (χ0v) is 17.2. The Labute approximate surface area is 175 Å². The van der Waals surface area contributed by atoms with E-state index in [0.717, 1.165) is 30.1 Å². The van der Waals surface area contributed by atoms with E-state index in [4.69, 9.17) is 4.74 Å². The topological polar surface area (TPSA) is 61.8 Å². The van der Waals surface area contributed by atoms with Crippen LogP contribution in [0.25, 0.3) is 10.8 Å². The highest BCUT2D eigenvalue weighted by molar-refractivity contribution is 5.85. The molecule has 6 nitrogen and oxygen atoms in total. The average Bonchev–Trinajstić information content (AvgIpc) is 3.24. The monoisotopic (exact) mass is 407 g/mol. The van der Waals surface area contributed by atoms with Crippen molar-refractivity contribution in [3.63, 3.8) is 0 Å². The summed E-state index contributed by atoms with van der Waals surface area (Å²) in [6, 6.07) is 15.7. The second kappa shape index (κ2) is 8.98. The number of aliphatic imine (C=N–C) groups is 1. The lowest BCUT2D eigenvalue weighted by Gasteiger charge is -2.20. The number of nitrogens with one attached hydrogen (secondary N) is 2. The van der Waals surface area contributed by atoms with Crippen molar-refractivity contribution in [2.45, 2.75) is 19.0 Å². The maximum atomic E-state index is 14.0. The summed E-state index contributed by atoms with van der Waals surface area (Å²) < 4.78 is 19.3. The van der Waals surface area contributed by atoms with Crippen molar-refractivity contribution in [1.29, 1.82) is 0 Å². The maximum Gasteiger partial charge on any atom is 0.191 e. The van der Waals surface area contributed by atoms with E-state index in [1.54, 1.807) is 26.4 Å². The number of pyridine rings is 1. The Balaban J connectivity index is 1.34. The first-order valence-corrected chi connectivity index (χ1v) is 10.1. The standard InChI is InChI=1S/C23H26FN5O/c1-25-23(28-19-9-11-29(15-19)22-21(24)4-3-10-26-22)27-14-16-5-6-18-13-20(30-2)8-7-17(18)12-16/h3-8,10,12-13,19H,9,11,14-15H2,1-2H3,(H2,25,27,28). The molecule has 1 unspecified atom stereocenters. The Morgan fingerprint density at radius 1 is 1.23 bits per heavy atom. The molecule has 1 aliphatic heterocycles. The molecule has 0 aliphatic carbocycles. The summed E-state index contributed by atoms with van der Waals surface area (Å²) in [6.07, 6.45) is 2.52. The van der Waals surface area contributed by atoms with Crippen molar-refractivity contribution in [2.75, 3.05) is 32.1 Å². The molecular formula is C23H26FN5O. The summed E-state index contributed by atoms with van der Waals surface area (Å²) in [7, 11) is 3.43. The van der Waals surface area contributed by atoms with E-state index in [-0.39, 0.29) is 11.9 Å². The lowest BCUT2D eigenvalue weighted by Crippen LogP contribution is -2.44. The summed E-state index contributed by atoms with van der Waals surface area (Å²) >= 11 is 0. The molecule has 4 rings (SSSR count). The zero-order chi connectivity index (χ0) is 20.9. The second-order valence-electron chi connectivity index (χ2n) is 7.36. The summed E-state index contributed by atoms with van der Waals surface area (Å²) in [5.41, 5.74) is 1.17. The summed E-state index contributed by atoms with van der Waals surface area (Å²) in [5.74, 6) is 1.72. The van der Waals surface area contributed by atoms with Crippen LogP contribution in [-0.4, -0.2) is 44.2 Å². The quantitative estimate of drug-likeness (QED) is 0.502. The lowest BCUT2D eigenvalue weighted by atomic mass is 10.1. The van der Waals surface area contributed by atoms with Gasteiger partial charge in [-0.05, 0) is 53.1 Å². The van der Waals surface area contributed by atoms with Gasteiger partial charge in [0.2, 0.25) is 0 Å². The number of methoxy groups -OCH3 is 1. The number of rotatable bonds is 5. The number of benzene rings is 2. The smallest absolute Gasteiger partial charge is 0.191 e. The first-order chi connectivity index (χ1) is 14.7. The Bertz CT molecular complexity index is 1050. The van der Waals surface area contributed by atoms with E-state index in [1.165, 1.54) is 17.0 Å². The van der Waals surface area contributed by atoms with Crippen LogP contribution >= 0.6 is 0 Å². The molecule has 0 bridgehead atoms. The molecule has 1 atom stereocenters. The zero-order valence-electron chi connectivity index (χ0n) is 17.2. The van der Waals surface area contributed by atoms with Gasteiger partial charge in [-0.15, -0.1) is 0 Å². The molecule has 0 saturated carbocycles. The molecule has 30 heavy (non-hydrogen) atoms. The minimum Gasteiger partial charge on any atom is -0.497 e. The van der Waals surface area contributed by atoms with Gasteiger partial charge in [-0.2, -0.15) is 0 Å². The molecule has 0 amide bonds. The van der Waals surface area contributed by atoms with Crippen molar-refractivity contribution in [2.24, 2.45) is 4.99 Å². The third-order valence-corrected chi connectivity index (χ3v) is 5.36. The number of guanidine groups is 1. The fourth-order valence-corrected chi connectivity index (χ4v) is 3.76.